The van der Waals surface area contributed by atoms with Crippen LogP contribution >= 0.6 is 0 Å². The molecule has 1 amide bonds. The number of carbonyl (C=O) groups is 1. The van der Waals surface area contributed by atoms with Crippen LogP contribution in [0.1, 0.15) is 37.5 Å². The van der Waals surface area contributed by atoms with Gasteiger partial charge in [-0.05, 0) is 38.5 Å². The number of aliphatic hydroxyl groups is 1. The first-order valence-electron chi connectivity index (χ1n) is 7.86. The summed E-state index contributed by atoms with van der Waals surface area (Å²) in [5, 5.41) is 23.8. The molecule has 7 nitrogen and oxygen atoms in total. The smallest absolute Gasteiger partial charge is 0.244 e. The maximum absolute atomic E-state index is 11.5. The van der Waals surface area contributed by atoms with E-state index in [1.165, 1.54) is 0 Å². The molecule has 1 aromatic carbocycles. The van der Waals surface area contributed by atoms with Crippen LogP contribution in [0.4, 0.5) is 0 Å². The van der Waals surface area contributed by atoms with Crippen LogP contribution in [0.5, 0.6) is 5.75 Å². The van der Waals surface area contributed by atoms with Crippen molar-refractivity contribution in [3.63, 3.8) is 0 Å². The molecule has 24 heavy (non-hydrogen) atoms. The summed E-state index contributed by atoms with van der Waals surface area (Å²) in [5.74, 6) is 0.788. The molecule has 1 saturated carbocycles. The summed E-state index contributed by atoms with van der Waals surface area (Å²) in [6, 6.07) is 7.11. The first kappa shape index (κ1) is 15.0. The van der Waals surface area contributed by atoms with E-state index < -0.39 is 17.8 Å². The number of nitrogens with one attached hydrogen (secondary N) is 1. The van der Waals surface area contributed by atoms with Gasteiger partial charge in [-0.25, -0.2) is 5.43 Å². The summed E-state index contributed by atoms with van der Waals surface area (Å²) in [5.41, 5.74) is 2.67. The number of aliphatic hydroxyl groups excluding tert-OH is 1. The molecule has 3 aliphatic rings. The van der Waals surface area contributed by atoms with E-state index in [4.69, 9.17) is 14.7 Å². The van der Waals surface area contributed by atoms with Crippen LogP contribution in [0, 0.1) is 23.2 Å². The highest BCUT2D eigenvalue weighted by atomic mass is 16.5. The van der Waals surface area contributed by atoms with Gasteiger partial charge in [0, 0.05) is 11.5 Å². The van der Waals surface area contributed by atoms with Gasteiger partial charge < -0.3 is 14.6 Å². The average Bonchev–Trinajstić information content (AvgIpc) is 3.35. The lowest BCUT2D eigenvalue weighted by molar-refractivity contribution is -0.123. The van der Waals surface area contributed by atoms with Crippen molar-refractivity contribution >= 4 is 11.8 Å². The normalized spacial score (nSPS) is 32.2. The Hall–Kier alpha value is -2.59. The number of rotatable bonds is 1. The van der Waals surface area contributed by atoms with Gasteiger partial charge in [0.05, 0.1) is 17.6 Å². The second-order valence-corrected chi connectivity index (χ2v) is 6.93. The summed E-state index contributed by atoms with van der Waals surface area (Å²) < 4.78 is 11.9. The minimum absolute atomic E-state index is 0.0282. The Morgan fingerprint density at radius 3 is 3.00 bits per heavy atom. The van der Waals surface area contributed by atoms with Crippen LogP contribution in [0.15, 0.2) is 23.3 Å². The summed E-state index contributed by atoms with van der Waals surface area (Å²) in [4.78, 5) is 11.5. The summed E-state index contributed by atoms with van der Waals surface area (Å²) in [6.07, 6.45) is -0.957. The predicted molar refractivity (Wildman–Crippen MR) is 82.9 cm³/mol. The minimum Gasteiger partial charge on any atom is -0.485 e. The van der Waals surface area contributed by atoms with E-state index in [0.717, 1.165) is 0 Å². The van der Waals surface area contributed by atoms with Gasteiger partial charge in [-0.15, -0.1) is 5.10 Å². The zero-order valence-corrected chi connectivity index (χ0v) is 13.3. The number of hydrogen-bond donors (Lipinski definition) is 2. The van der Waals surface area contributed by atoms with E-state index in [-0.39, 0.29) is 17.7 Å². The summed E-state index contributed by atoms with van der Waals surface area (Å²) in [6.45, 7) is 3.55. The molecule has 0 bridgehead atoms. The highest BCUT2D eigenvalue weighted by molar-refractivity contribution is 5.96. The number of ether oxygens (including phenoxy) is 2. The van der Waals surface area contributed by atoms with Crippen LogP contribution in [-0.4, -0.2) is 28.6 Å². The molecule has 4 atom stereocenters. The van der Waals surface area contributed by atoms with E-state index in [9.17, 15) is 9.90 Å². The van der Waals surface area contributed by atoms with Gasteiger partial charge >= 0.3 is 0 Å². The van der Waals surface area contributed by atoms with E-state index >= 15 is 0 Å². The Morgan fingerprint density at radius 1 is 1.46 bits per heavy atom. The van der Waals surface area contributed by atoms with Crippen molar-refractivity contribution in [2.75, 3.05) is 0 Å². The number of fused-ring (bicyclic) bond motifs is 2. The van der Waals surface area contributed by atoms with Gasteiger partial charge in [0.1, 0.15) is 17.5 Å². The van der Waals surface area contributed by atoms with Gasteiger partial charge in [-0.2, -0.15) is 5.26 Å². The van der Waals surface area contributed by atoms with Crippen molar-refractivity contribution < 1.29 is 19.4 Å². The number of benzene rings is 1. The van der Waals surface area contributed by atoms with Crippen molar-refractivity contribution in [3.05, 3.63) is 29.3 Å². The lowest BCUT2D eigenvalue weighted by Crippen LogP contribution is -2.50. The standard InChI is InChI=1S/C17H17N3O4/c1-17(2)14(21)13(11-5-8(7-18)3-4-12(11)24-17)23-16-10-6-9(10)15(22)19-20-16/h3-5,9-10,13-14,21H,6H2,1-2H3,(H,19,22)/t9-,10+,13+,14+/m0/s1. The number of hydrazone groups is 1. The molecule has 124 valence electrons. The molecule has 1 fully saturated rings. The molecule has 0 unspecified atom stereocenters. The molecule has 2 aliphatic heterocycles. The summed E-state index contributed by atoms with van der Waals surface area (Å²) in [7, 11) is 0. The molecule has 0 radical (unpaired) electrons. The Balaban J connectivity index is 1.71. The largest absolute Gasteiger partial charge is 0.485 e. The number of carbonyl (C=O) groups excluding carboxylic acids is 1. The van der Waals surface area contributed by atoms with Crippen LogP contribution in [0.25, 0.3) is 0 Å². The van der Waals surface area contributed by atoms with Crippen LogP contribution in [0.2, 0.25) is 0 Å². The lowest BCUT2D eigenvalue weighted by atomic mass is 9.87. The number of hydrogen-bond acceptors (Lipinski definition) is 6. The molecule has 1 aliphatic carbocycles. The van der Waals surface area contributed by atoms with Gasteiger partial charge in [-0.1, -0.05) is 0 Å². The molecule has 2 N–H and O–H groups in total. The third kappa shape index (κ3) is 2.22. The van der Waals surface area contributed by atoms with Gasteiger partial charge in [-0.3, -0.25) is 4.79 Å². The number of nitriles is 1. The highest BCUT2D eigenvalue weighted by Crippen LogP contribution is 2.46. The highest BCUT2D eigenvalue weighted by Gasteiger charge is 2.53. The lowest BCUT2D eigenvalue weighted by Gasteiger charge is -2.42. The predicted octanol–water partition coefficient (Wildman–Crippen LogP) is 1.23. The Labute approximate surface area is 138 Å². The minimum atomic E-state index is -0.948. The molecule has 7 heteroatoms. The van der Waals surface area contributed by atoms with Crippen molar-refractivity contribution in [2.24, 2.45) is 16.9 Å². The zero-order chi connectivity index (χ0) is 17.1. The van der Waals surface area contributed by atoms with Crippen LogP contribution in [0.3, 0.4) is 0 Å². The molecular weight excluding hydrogens is 310 g/mol. The Morgan fingerprint density at radius 2 is 2.25 bits per heavy atom. The maximum Gasteiger partial charge on any atom is 0.244 e. The number of amides is 1. The fraction of sp³-hybridized carbons (Fsp3) is 0.471. The Bertz CT molecular complexity index is 796. The van der Waals surface area contributed by atoms with Gasteiger partial charge in [0.25, 0.3) is 0 Å². The fourth-order valence-electron chi connectivity index (χ4n) is 3.22. The van der Waals surface area contributed by atoms with Crippen molar-refractivity contribution in [3.8, 4) is 11.8 Å². The van der Waals surface area contributed by atoms with E-state index in [2.05, 4.69) is 16.6 Å². The zero-order valence-electron chi connectivity index (χ0n) is 13.3. The monoisotopic (exact) mass is 327 g/mol. The van der Waals surface area contributed by atoms with Crippen molar-refractivity contribution in [1.82, 2.24) is 5.43 Å². The molecular formula is C17H17N3O4. The van der Waals surface area contributed by atoms with Crippen LogP contribution < -0.4 is 10.2 Å². The van der Waals surface area contributed by atoms with E-state index in [1.807, 2.05) is 0 Å². The number of nitrogens with zero attached hydrogens (tertiary/aromatic N) is 2. The van der Waals surface area contributed by atoms with Crippen molar-refractivity contribution in [1.29, 1.82) is 5.26 Å². The van der Waals surface area contributed by atoms with Crippen molar-refractivity contribution in [2.45, 2.75) is 38.1 Å². The summed E-state index contributed by atoms with van der Waals surface area (Å²) >= 11 is 0. The van der Waals surface area contributed by atoms with Gasteiger partial charge in [0.2, 0.25) is 11.8 Å². The molecule has 0 aromatic heterocycles. The second kappa shape index (κ2) is 4.95. The van der Waals surface area contributed by atoms with Gasteiger partial charge in [0.15, 0.2) is 6.10 Å². The van der Waals surface area contributed by atoms with Crippen LogP contribution in [-0.2, 0) is 9.53 Å². The maximum atomic E-state index is 11.5. The molecule has 2 heterocycles. The third-order valence-corrected chi connectivity index (χ3v) is 4.79. The molecule has 4 rings (SSSR count). The molecule has 0 spiro atoms. The fourth-order valence-corrected chi connectivity index (χ4v) is 3.22. The molecule has 0 saturated heterocycles. The quantitative estimate of drug-likeness (QED) is 0.807. The Kier molecular flexibility index (Phi) is 3.09. The topological polar surface area (TPSA) is 104 Å². The SMILES string of the molecule is CC1(C)Oc2ccc(C#N)cc2[C@@H](OC2=NNC(=O)[C@H]3C[C@@H]23)[C@H]1O. The third-order valence-electron chi connectivity index (χ3n) is 4.79. The van der Waals surface area contributed by atoms with E-state index in [0.29, 0.717) is 29.2 Å². The van der Waals surface area contributed by atoms with E-state index in [1.54, 1.807) is 32.0 Å². The second-order valence-electron chi connectivity index (χ2n) is 6.93. The first-order chi connectivity index (χ1) is 11.4. The first-order valence-corrected chi connectivity index (χ1v) is 7.86. The average molecular weight is 327 g/mol. The molecule has 1 aromatic rings.